The number of methoxy groups -OCH3 is 1. The summed E-state index contributed by atoms with van der Waals surface area (Å²) in [6.45, 7) is 4.02. The number of fused-ring (bicyclic) bond motifs is 1. The van der Waals surface area contributed by atoms with E-state index in [1.807, 2.05) is 0 Å². The number of H-pyrrole nitrogens is 1. The third-order valence-corrected chi connectivity index (χ3v) is 8.80. The maximum absolute atomic E-state index is 13.7. The Balaban J connectivity index is 1.70. The second-order valence-electron chi connectivity index (χ2n) is 12.0. The van der Waals surface area contributed by atoms with Gasteiger partial charge < -0.3 is 14.1 Å². The number of esters is 1. The largest absolute Gasteiger partial charge is 0.466 e. The second kappa shape index (κ2) is 11.6. The first-order chi connectivity index (χ1) is 20.8. The average molecular weight is 611 g/mol. The number of nitrogens with zero attached hydrogens (tertiary/aromatic N) is 6. The predicted octanol–water partition coefficient (Wildman–Crippen LogP) is 4.32. The number of piperidine rings is 1. The number of nitrogens with one attached hydrogen (secondary N) is 1. The number of aromatic nitrogens is 3. The van der Waals surface area contributed by atoms with E-state index in [-0.39, 0.29) is 22.9 Å². The van der Waals surface area contributed by atoms with E-state index >= 15 is 0 Å². The predicted molar refractivity (Wildman–Crippen MR) is 157 cm³/mol. The first-order valence-electron chi connectivity index (χ1n) is 14.2. The van der Waals surface area contributed by atoms with Crippen LogP contribution in [0, 0.1) is 11.3 Å². The van der Waals surface area contributed by atoms with Gasteiger partial charge in [0, 0.05) is 42.9 Å². The summed E-state index contributed by atoms with van der Waals surface area (Å²) in [5, 5.41) is 16.4. The summed E-state index contributed by atoms with van der Waals surface area (Å²) in [7, 11) is 7.57. The molecule has 1 saturated heterocycles. The zero-order valence-corrected chi connectivity index (χ0v) is 25.3. The number of alkyl halides is 3. The van der Waals surface area contributed by atoms with Crippen LogP contribution < -0.4 is 10.6 Å². The number of carbonyl (C=O) groups excluding carboxylic acids is 1. The summed E-state index contributed by atoms with van der Waals surface area (Å²) in [6, 6.07) is 11.2. The van der Waals surface area contributed by atoms with Gasteiger partial charge in [-0.2, -0.15) is 18.4 Å². The number of rotatable bonds is 6. The van der Waals surface area contributed by atoms with Gasteiger partial charge in [0.25, 0.3) is 0 Å². The Morgan fingerprint density at radius 2 is 1.89 bits per heavy atom. The van der Waals surface area contributed by atoms with Crippen LogP contribution >= 0.6 is 0 Å². The van der Waals surface area contributed by atoms with Gasteiger partial charge in [0.15, 0.2) is 0 Å². The highest BCUT2D eigenvalue weighted by molar-refractivity contribution is 5.93. The van der Waals surface area contributed by atoms with Gasteiger partial charge in [-0.15, -0.1) is 5.10 Å². The lowest BCUT2D eigenvalue weighted by molar-refractivity contribution is -0.929. The van der Waals surface area contributed by atoms with Crippen molar-refractivity contribution in [2.75, 3.05) is 46.2 Å². The molecular formula is C31H35F3N7O3+. The molecule has 0 amide bonds. The molecule has 0 unspecified atom stereocenters. The third-order valence-electron chi connectivity index (χ3n) is 8.80. The number of anilines is 2. The number of nitriles is 1. The molecule has 0 saturated carbocycles. The molecule has 5 rings (SSSR count). The fourth-order valence-electron chi connectivity index (χ4n) is 6.42. The maximum atomic E-state index is 13.7. The molecule has 13 heteroatoms. The molecule has 0 aliphatic carbocycles. The zero-order chi connectivity index (χ0) is 32.0. The number of hydrogen-bond donors (Lipinski definition) is 1. The van der Waals surface area contributed by atoms with E-state index in [9.17, 15) is 28.0 Å². The van der Waals surface area contributed by atoms with E-state index in [0.717, 1.165) is 43.6 Å². The van der Waals surface area contributed by atoms with Gasteiger partial charge in [-0.05, 0) is 49.9 Å². The van der Waals surface area contributed by atoms with Crippen molar-refractivity contribution in [3.8, 4) is 6.07 Å². The minimum absolute atomic E-state index is 0.0175. The van der Waals surface area contributed by atoms with E-state index in [4.69, 9.17) is 4.74 Å². The van der Waals surface area contributed by atoms with Gasteiger partial charge in [0.05, 0.1) is 50.0 Å². The molecule has 3 heterocycles. The van der Waals surface area contributed by atoms with Crippen molar-refractivity contribution in [1.29, 1.82) is 5.26 Å². The SMILES string of the molecule is COC(=O)C1=C(C)N(c2cccc(C(F)(F)F)c2)c2n[nH]c(=O)n2[C@@H]1c1ccc(C#N)cc1C[N+](C)(C)C1CCN(C)CC1. The monoisotopic (exact) mass is 610 g/mol. The molecule has 44 heavy (non-hydrogen) atoms. The summed E-state index contributed by atoms with van der Waals surface area (Å²) in [5.41, 5.74) is 0.622. The topological polar surface area (TPSA) is 107 Å². The molecule has 0 radical (unpaired) electrons. The number of hydrogen-bond acceptors (Lipinski definition) is 7. The standard InChI is InChI=1S/C31H34F3N7O3/c1-19-26(28(42)44-5)27(40-29(36-37-30(40)43)39(19)23-8-6-7-22(16-23)31(32,33)34)25-10-9-20(17-35)15-21(25)18-41(3,4)24-11-13-38(2)14-12-24/h6-10,15-16,24,27H,11-14,18H2,1-5H3/p+1/t27-/m1/s1. The summed E-state index contributed by atoms with van der Waals surface area (Å²) in [6.07, 6.45) is -2.63. The molecule has 2 aliphatic rings. The van der Waals surface area contributed by atoms with Gasteiger partial charge >= 0.3 is 17.8 Å². The molecule has 10 nitrogen and oxygen atoms in total. The molecule has 1 N–H and O–H groups in total. The molecule has 1 fully saturated rings. The number of benzene rings is 2. The first kappa shape index (κ1) is 31.0. The molecule has 2 aliphatic heterocycles. The molecule has 0 spiro atoms. The highest BCUT2D eigenvalue weighted by atomic mass is 19.4. The van der Waals surface area contributed by atoms with Crippen LogP contribution in [0.5, 0.6) is 0 Å². The van der Waals surface area contributed by atoms with Crippen LogP contribution in [0.25, 0.3) is 0 Å². The third kappa shape index (κ3) is 5.62. The van der Waals surface area contributed by atoms with Gasteiger partial charge in [0.2, 0.25) is 5.95 Å². The molecule has 3 aromatic rings. The number of aromatic amines is 1. The summed E-state index contributed by atoms with van der Waals surface area (Å²) in [5.74, 6) is -0.730. The van der Waals surface area contributed by atoms with Crippen LogP contribution in [0.4, 0.5) is 24.8 Å². The van der Waals surface area contributed by atoms with Crippen molar-refractivity contribution in [2.45, 2.75) is 44.6 Å². The van der Waals surface area contributed by atoms with Crippen LogP contribution in [0.2, 0.25) is 0 Å². The van der Waals surface area contributed by atoms with Crippen LogP contribution in [-0.2, 0) is 22.3 Å². The second-order valence-corrected chi connectivity index (χ2v) is 12.0. The Morgan fingerprint density at radius 1 is 1.18 bits per heavy atom. The fraction of sp³-hybridized carbons (Fsp3) is 0.419. The van der Waals surface area contributed by atoms with Crippen molar-refractivity contribution in [3.63, 3.8) is 0 Å². The molecule has 0 bridgehead atoms. The van der Waals surface area contributed by atoms with Crippen molar-refractivity contribution in [2.24, 2.45) is 0 Å². The number of likely N-dealkylation sites (tertiary alicyclic amines) is 1. The van der Waals surface area contributed by atoms with Crippen molar-refractivity contribution < 1.29 is 27.2 Å². The summed E-state index contributed by atoms with van der Waals surface area (Å²) in [4.78, 5) is 30.6. The first-order valence-corrected chi connectivity index (χ1v) is 14.2. The lowest BCUT2D eigenvalue weighted by Gasteiger charge is -2.43. The Bertz CT molecular complexity index is 1710. The number of carbonyl (C=O) groups is 1. The normalized spacial score (nSPS) is 18.2. The lowest BCUT2D eigenvalue weighted by Crippen LogP contribution is -2.52. The molecular weight excluding hydrogens is 575 g/mol. The van der Waals surface area contributed by atoms with Crippen molar-refractivity contribution in [1.82, 2.24) is 19.7 Å². The Kier molecular flexibility index (Phi) is 8.17. The Hall–Kier alpha value is -4.41. The number of ether oxygens (including phenoxy) is 1. The quantitative estimate of drug-likeness (QED) is 0.327. The number of allylic oxidation sites excluding steroid dienone is 1. The number of quaternary nitrogens is 1. The highest BCUT2D eigenvalue weighted by Crippen LogP contribution is 2.44. The van der Waals surface area contributed by atoms with E-state index in [1.165, 1.54) is 28.7 Å². The smallest absolute Gasteiger partial charge is 0.416 e. The lowest BCUT2D eigenvalue weighted by atomic mass is 9.89. The molecule has 1 aromatic heterocycles. The van der Waals surface area contributed by atoms with Gasteiger partial charge in [-0.3, -0.25) is 4.90 Å². The van der Waals surface area contributed by atoms with E-state index in [1.54, 1.807) is 25.1 Å². The minimum Gasteiger partial charge on any atom is -0.466 e. The maximum Gasteiger partial charge on any atom is 0.416 e. The van der Waals surface area contributed by atoms with Crippen molar-refractivity contribution in [3.05, 3.63) is 86.5 Å². The van der Waals surface area contributed by atoms with Crippen LogP contribution in [0.1, 0.15) is 48.1 Å². The van der Waals surface area contributed by atoms with Crippen molar-refractivity contribution >= 4 is 17.6 Å². The minimum atomic E-state index is -4.61. The number of halogens is 3. The van der Waals surface area contributed by atoms with Gasteiger partial charge in [0.1, 0.15) is 12.6 Å². The highest BCUT2D eigenvalue weighted by Gasteiger charge is 2.42. The molecule has 1 atom stereocenters. The van der Waals surface area contributed by atoms with Gasteiger partial charge in [-0.25, -0.2) is 19.3 Å². The Morgan fingerprint density at radius 3 is 2.52 bits per heavy atom. The van der Waals surface area contributed by atoms with E-state index < -0.39 is 29.4 Å². The van der Waals surface area contributed by atoms with E-state index in [2.05, 4.69) is 42.3 Å². The average Bonchev–Trinajstić information content (AvgIpc) is 3.36. The van der Waals surface area contributed by atoms with Crippen LogP contribution in [-0.4, -0.2) is 77.5 Å². The van der Waals surface area contributed by atoms with Gasteiger partial charge in [-0.1, -0.05) is 12.1 Å². The summed E-state index contributed by atoms with van der Waals surface area (Å²) >= 11 is 0. The molecule has 2 aromatic carbocycles. The Labute approximate surface area is 253 Å². The van der Waals surface area contributed by atoms with Crippen LogP contribution in [0.15, 0.2) is 58.5 Å². The molecule has 232 valence electrons. The fourth-order valence-corrected chi connectivity index (χ4v) is 6.42. The van der Waals surface area contributed by atoms with E-state index in [0.29, 0.717) is 28.2 Å². The zero-order valence-electron chi connectivity index (χ0n) is 25.3. The van der Waals surface area contributed by atoms with Crippen LogP contribution in [0.3, 0.4) is 0 Å². The summed E-state index contributed by atoms with van der Waals surface area (Å²) < 4.78 is 48.0.